The molecular formula is C13H18N4O2. The molecule has 0 radical (unpaired) electrons. The molecule has 2 rings (SSSR count). The summed E-state index contributed by atoms with van der Waals surface area (Å²) in [6.45, 7) is 2.75. The molecule has 102 valence electrons. The molecule has 6 nitrogen and oxygen atoms in total. The molecule has 2 amide bonds. The van der Waals surface area contributed by atoms with Crippen LogP contribution in [0.1, 0.15) is 32.6 Å². The third kappa shape index (κ3) is 3.53. The second-order valence-corrected chi connectivity index (χ2v) is 5.08. The van der Waals surface area contributed by atoms with Crippen LogP contribution in [0.15, 0.2) is 10.2 Å². The van der Waals surface area contributed by atoms with Crippen LogP contribution in [0.3, 0.4) is 0 Å². The maximum absolute atomic E-state index is 11.7. The van der Waals surface area contributed by atoms with Crippen molar-refractivity contribution >= 4 is 11.8 Å². The average molecular weight is 262 g/mol. The molecule has 0 atom stereocenters. The highest BCUT2D eigenvalue weighted by Crippen LogP contribution is 2.37. The zero-order valence-electron chi connectivity index (χ0n) is 11.1. The van der Waals surface area contributed by atoms with E-state index >= 15 is 0 Å². The minimum Gasteiger partial charge on any atom is -0.350 e. The van der Waals surface area contributed by atoms with Crippen molar-refractivity contribution in [2.45, 2.75) is 44.3 Å². The first-order chi connectivity index (χ1) is 9.04. The van der Waals surface area contributed by atoms with Gasteiger partial charge in [-0.3, -0.25) is 9.59 Å². The summed E-state index contributed by atoms with van der Waals surface area (Å²) in [6.07, 6.45) is 7.57. The fraction of sp³-hybridized carbons (Fsp3) is 0.692. The van der Waals surface area contributed by atoms with Gasteiger partial charge in [-0.1, -0.05) is 0 Å². The normalized spacial score (nSPS) is 19.5. The fourth-order valence-electron chi connectivity index (χ4n) is 2.11. The molecule has 0 aliphatic carbocycles. The average Bonchev–Trinajstić information content (AvgIpc) is 3.08. The Hall–Kier alpha value is -1.90. The Balaban J connectivity index is 1.61. The van der Waals surface area contributed by atoms with E-state index in [9.17, 15) is 9.59 Å². The third-order valence-electron chi connectivity index (χ3n) is 3.50. The van der Waals surface area contributed by atoms with E-state index in [0.717, 1.165) is 6.42 Å². The van der Waals surface area contributed by atoms with E-state index in [1.54, 1.807) is 4.90 Å². The summed E-state index contributed by atoms with van der Waals surface area (Å²) in [5, 5.41) is 10.9. The number of nitrogens with one attached hydrogen (secondary N) is 1. The molecule has 6 heteroatoms. The Morgan fingerprint density at radius 2 is 2.11 bits per heavy atom. The number of hydrogen-bond acceptors (Lipinski definition) is 4. The van der Waals surface area contributed by atoms with Crippen LogP contribution in [0.5, 0.6) is 0 Å². The van der Waals surface area contributed by atoms with Crippen LogP contribution in [-0.4, -0.2) is 41.5 Å². The van der Waals surface area contributed by atoms with E-state index in [1.165, 1.54) is 6.92 Å². The van der Waals surface area contributed by atoms with Crippen molar-refractivity contribution < 1.29 is 9.59 Å². The van der Waals surface area contributed by atoms with Gasteiger partial charge in [-0.25, -0.2) is 0 Å². The van der Waals surface area contributed by atoms with Crippen molar-refractivity contribution in [3.63, 3.8) is 0 Å². The maximum Gasteiger partial charge on any atom is 0.220 e. The van der Waals surface area contributed by atoms with Gasteiger partial charge in [0.05, 0.1) is 6.04 Å². The molecule has 2 aliphatic rings. The fourth-order valence-corrected chi connectivity index (χ4v) is 2.11. The molecule has 1 N–H and O–H groups in total. The molecule has 2 heterocycles. The SMILES string of the molecule is C#CCCC1(CCC(=O)NC2CN(C(C)=O)C2)N=N1. The van der Waals surface area contributed by atoms with Crippen LogP contribution >= 0.6 is 0 Å². The lowest BCUT2D eigenvalue weighted by molar-refractivity contribution is -0.135. The van der Waals surface area contributed by atoms with Crippen molar-refractivity contribution in [1.29, 1.82) is 0 Å². The van der Waals surface area contributed by atoms with Gasteiger partial charge in [0.15, 0.2) is 5.66 Å². The first-order valence-corrected chi connectivity index (χ1v) is 6.47. The lowest BCUT2D eigenvalue weighted by Crippen LogP contribution is -2.60. The molecule has 0 bridgehead atoms. The molecule has 2 aliphatic heterocycles. The highest BCUT2D eigenvalue weighted by molar-refractivity contribution is 5.78. The molecule has 1 saturated heterocycles. The van der Waals surface area contributed by atoms with Crippen LogP contribution in [-0.2, 0) is 9.59 Å². The number of amides is 2. The van der Waals surface area contributed by atoms with E-state index in [1.807, 2.05) is 0 Å². The number of carbonyl (C=O) groups is 2. The number of hydrogen-bond donors (Lipinski definition) is 1. The Morgan fingerprint density at radius 3 is 2.63 bits per heavy atom. The smallest absolute Gasteiger partial charge is 0.220 e. The zero-order chi connectivity index (χ0) is 13.9. The van der Waals surface area contributed by atoms with Gasteiger partial charge in [-0.2, -0.15) is 10.2 Å². The van der Waals surface area contributed by atoms with Crippen LogP contribution < -0.4 is 5.32 Å². The second kappa shape index (κ2) is 5.39. The predicted molar refractivity (Wildman–Crippen MR) is 69.1 cm³/mol. The molecule has 1 fully saturated rings. The summed E-state index contributed by atoms with van der Waals surface area (Å²) in [7, 11) is 0. The highest BCUT2D eigenvalue weighted by Gasteiger charge is 2.39. The van der Waals surface area contributed by atoms with Gasteiger partial charge in [-0.15, -0.1) is 12.3 Å². The number of carbonyl (C=O) groups excluding carboxylic acids is 2. The van der Waals surface area contributed by atoms with Gasteiger partial charge in [0.2, 0.25) is 11.8 Å². The van der Waals surface area contributed by atoms with E-state index in [2.05, 4.69) is 21.5 Å². The first kappa shape index (κ1) is 13.5. The van der Waals surface area contributed by atoms with Crippen molar-refractivity contribution in [3.8, 4) is 12.3 Å². The van der Waals surface area contributed by atoms with E-state index in [0.29, 0.717) is 32.4 Å². The van der Waals surface area contributed by atoms with E-state index in [-0.39, 0.29) is 17.9 Å². The molecule has 0 saturated carbocycles. The Morgan fingerprint density at radius 1 is 1.42 bits per heavy atom. The Bertz CT molecular complexity index is 440. The summed E-state index contributed by atoms with van der Waals surface area (Å²) >= 11 is 0. The Kier molecular flexibility index (Phi) is 3.84. The van der Waals surface area contributed by atoms with E-state index in [4.69, 9.17) is 6.42 Å². The largest absolute Gasteiger partial charge is 0.350 e. The van der Waals surface area contributed by atoms with E-state index < -0.39 is 5.66 Å². The number of likely N-dealkylation sites (tertiary alicyclic amines) is 1. The first-order valence-electron chi connectivity index (χ1n) is 6.47. The van der Waals surface area contributed by atoms with Gasteiger partial charge in [0.1, 0.15) is 0 Å². The van der Waals surface area contributed by atoms with Crippen molar-refractivity contribution in [2.24, 2.45) is 10.2 Å². The minimum atomic E-state index is -0.394. The number of nitrogens with zero attached hydrogens (tertiary/aromatic N) is 3. The zero-order valence-corrected chi connectivity index (χ0v) is 11.1. The van der Waals surface area contributed by atoms with Gasteiger partial charge in [-0.05, 0) is 0 Å². The second-order valence-electron chi connectivity index (χ2n) is 5.08. The van der Waals surface area contributed by atoms with Gasteiger partial charge < -0.3 is 10.2 Å². The maximum atomic E-state index is 11.7. The molecule has 0 spiro atoms. The summed E-state index contributed by atoms with van der Waals surface area (Å²) in [4.78, 5) is 24.4. The third-order valence-corrected chi connectivity index (χ3v) is 3.50. The Labute approximate surface area is 112 Å². The topological polar surface area (TPSA) is 74.1 Å². The summed E-state index contributed by atoms with van der Waals surface area (Å²) in [5.74, 6) is 2.60. The van der Waals surface area contributed by atoms with Crippen molar-refractivity contribution in [1.82, 2.24) is 10.2 Å². The monoisotopic (exact) mass is 262 g/mol. The molecular weight excluding hydrogens is 244 g/mol. The van der Waals surface area contributed by atoms with Gasteiger partial charge in [0, 0.05) is 45.7 Å². The molecule has 19 heavy (non-hydrogen) atoms. The molecule has 0 aromatic rings. The number of terminal acetylenes is 1. The minimum absolute atomic E-state index is 0.00872. The predicted octanol–water partition coefficient (Wildman–Crippen LogP) is 0.689. The van der Waals surface area contributed by atoms with Crippen LogP contribution in [0.2, 0.25) is 0 Å². The summed E-state index contributed by atoms with van der Waals surface area (Å²) < 4.78 is 0. The number of rotatable bonds is 6. The lowest BCUT2D eigenvalue weighted by atomic mass is 10.0. The lowest BCUT2D eigenvalue weighted by Gasteiger charge is -2.38. The van der Waals surface area contributed by atoms with Gasteiger partial charge >= 0.3 is 0 Å². The highest BCUT2D eigenvalue weighted by atomic mass is 16.2. The quantitative estimate of drug-likeness (QED) is 0.715. The summed E-state index contributed by atoms with van der Waals surface area (Å²) in [6, 6.07) is 0.0890. The summed E-state index contributed by atoms with van der Waals surface area (Å²) in [5.41, 5.74) is -0.394. The molecule has 0 aromatic heterocycles. The standard InChI is InChI=1S/C13H18N4O2/c1-3-4-6-13(15-16-13)7-5-12(19)14-11-8-17(9-11)10(2)18/h1,11H,4-9H2,2H3,(H,14,19). The molecule has 0 unspecified atom stereocenters. The van der Waals surface area contributed by atoms with Gasteiger partial charge in [0.25, 0.3) is 0 Å². The molecule has 0 aromatic carbocycles. The van der Waals surface area contributed by atoms with Crippen LogP contribution in [0.25, 0.3) is 0 Å². The van der Waals surface area contributed by atoms with Crippen LogP contribution in [0, 0.1) is 12.3 Å². The van der Waals surface area contributed by atoms with Crippen LogP contribution in [0.4, 0.5) is 0 Å². The van der Waals surface area contributed by atoms with Crippen molar-refractivity contribution in [2.75, 3.05) is 13.1 Å². The van der Waals surface area contributed by atoms with Crippen molar-refractivity contribution in [3.05, 3.63) is 0 Å².